The molecule has 0 bridgehead atoms. The van der Waals surface area contributed by atoms with E-state index in [0.29, 0.717) is 38.0 Å². The second-order valence-corrected chi connectivity index (χ2v) is 5.42. The van der Waals surface area contributed by atoms with Crippen LogP contribution < -0.4 is 4.74 Å². The average Bonchev–Trinajstić information content (AvgIpc) is 2.53. The van der Waals surface area contributed by atoms with Crippen LogP contribution in [0, 0.1) is 5.41 Å². The number of hydrogen-bond donors (Lipinski definition) is 0. The lowest BCUT2D eigenvalue weighted by Crippen LogP contribution is -2.43. The summed E-state index contributed by atoms with van der Waals surface area (Å²) in [5, 5.41) is 0. The normalized spacial score (nSPS) is 11.0. The summed E-state index contributed by atoms with van der Waals surface area (Å²) in [6.45, 7) is 6.16. The van der Waals surface area contributed by atoms with Crippen LogP contribution in [0.5, 0.6) is 5.75 Å². The molecule has 1 aromatic rings. The van der Waals surface area contributed by atoms with Crippen molar-refractivity contribution in [2.45, 2.75) is 52.9 Å². The molecule has 0 aliphatic rings. The molecule has 0 saturated carbocycles. The molecule has 0 amide bonds. The molecule has 0 N–H and O–H groups in total. The number of hydrogen-bond acceptors (Lipinski definition) is 4. The van der Waals surface area contributed by atoms with E-state index in [0.717, 1.165) is 6.42 Å². The smallest absolute Gasteiger partial charge is 0.328 e. The number of para-hydroxylation sites is 1. The number of rotatable bonds is 9. The van der Waals surface area contributed by atoms with E-state index in [-0.39, 0.29) is 0 Å². The van der Waals surface area contributed by atoms with Gasteiger partial charge >= 0.3 is 11.9 Å². The molecule has 1 rings (SSSR count). The summed E-state index contributed by atoms with van der Waals surface area (Å²) in [4.78, 5) is 25.2. The Morgan fingerprint density at radius 3 is 2.00 bits per heavy atom. The molecule has 4 heteroatoms. The molecule has 0 atom stereocenters. The van der Waals surface area contributed by atoms with E-state index in [2.05, 4.69) is 0 Å². The number of ether oxygens (including phenoxy) is 2. The third kappa shape index (κ3) is 4.58. The third-order valence-electron chi connectivity index (χ3n) is 3.53. The molecular formula is C18H26O4. The molecule has 0 fully saturated rings. The maximum Gasteiger partial charge on any atom is 0.328 e. The molecule has 0 aliphatic carbocycles. The zero-order valence-corrected chi connectivity index (χ0v) is 13.8. The fourth-order valence-electron chi connectivity index (χ4n) is 2.50. The van der Waals surface area contributed by atoms with Crippen LogP contribution >= 0.6 is 0 Å². The van der Waals surface area contributed by atoms with Crippen LogP contribution in [0.1, 0.15) is 52.9 Å². The SMILES string of the molecule is CCCOC(=O)C(CCC)(CCC)C(=O)Oc1ccccc1. The second-order valence-electron chi connectivity index (χ2n) is 5.42. The molecule has 0 aliphatic heterocycles. The topological polar surface area (TPSA) is 52.6 Å². The molecule has 4 nitrogen and oxygen atoms in total. The van der Waals surface area contributed by atoms with E-state index in [9.17, 15) is 9.59 Å². The number of benzene rings is 1. The molecule has 1 aromatic carbocycles. The Labute approximate surface area is 132 Å². The zero-order chi connectivity index (χ0) is 16.4. The monoisotopic (exact) mass is 306 g/mol. The van der Waals surface area contributed by atoms with Crippen LogP contribution in [-0.4, -0.2) is 18.5 Å². The first kappa shape index (κ1) is 18.2. The Hall–Kier alpha value is -1.84. The van der Waals surface area contributed by atoms with Crippen LogP contribution in [-0.2, 0) is 14.3 Å². The molecule has 0 unspecified atom stereocenters. The minimum Gasteiger partial charge on any atom is -0.465 e. The van der Waals surface area contributed by atoms with Gasteiger partial charge in [0.1, 0.15) is 5.75 Å². The summed E-state index contributed by atoms with van der Waals surface area (Å²) in [5.74, 6) is -0.519. The quantitative estimate of drug-likeness (QED) is 0.391. The van der Waals surface area contributed by atoms with Crippen molar-refractivity contribution in [2.24, 2.45) is 5.41 Å². The van der Waals surface area contributed by atoms with E-state index >= 15 is 0 Å². The van der Waals surface area contributed by atoms with Crippen LogP contribution in [0.2, 0.25) is 0 Å². The predicted octanol–water partition coefficient (Wildman–Crippen LogP) is 4.13. The van der Waals surface area contributed by atoms with Crippen LogP contribution in [0.15, 0.2) is 30.3 Å². The van der Waals surface area contributed by atoms with Crippen molar-refractivity contribution < 1.29 is 19.1 Å². The van der Waals surface area contributed by atoms with Gasteiger partial charge in [-0.25, -0.2) is 0 Å². The third-order valence-corrected chi connectivity index (χ3v) is 3.53. The van der Waals surface area contributed by atoms with Gasteiger partial charge in [-0.05, 0) is 31.4 Å². The standard InChI is InChI=1S/C18H26O4/c1-4-12-18(13-5-2,16(19)21-14-6-3)17(20)22-15-10-8-7-9-11-15/h7-11H,4-6,12-14H2,1-3H3. The Morgan fingerprint density at radius 2 is 1.50 bits per heavy atom. The van der Waals surface area contributed by atoms with Gasteiger partial charge < -0.3 is 9.47 Å². The lowest BCUT2D eigenvalue weighted by atomic mass is 9.79. The fourth-order valence-corrected chi connectivity index (χ4v) is 2.50. The highest BCUT2D eigenvalue weighted by atomic mass is 16.6. The van der Waals surface area contributed by atoms with Crippen molar-refractivity contribution in [1.29, 1.82) is 0 Å². The van der Waals surface area contributed by atoms with Gasteiger partial charge in [0.2, 0.25) is 0 Å². The van der Waals surface area contributed by atoms with Gasteiger partial charge in [-0.15, -0.1) is 0 Å². The number of carbonyl (C=O) groups is 2. The summed E-state index contributed by atoms with van der Waals surface area (Å²) in [6.07, 6.45) is 3.04. The Bertz CT molecular complexity index is 461. The number of carbonyl (C=O) groups excluding carboxylic acids is 2. The summed E-state index contributed by atoms with van der Waals surface area (Å²) < 4.78 is 10.7. The van der Waals surface area contributed by atoms with Crippen molar-refractivity contribution in [3.05, 3.63) is 30.3 Å². The first-order chi connectivity index (χ1) is 10.6. The summed E-state index contributed by atoms with van der Waals surface area (Å²) in [7, 11) is 0. The highest BCUT2D eigenvalue weighted by molar-refractivity contribution is 6.00. The Balaban J connectivity index is 3.00. The van der Waals surface area contributed by atoms with E-state index in [1.807, 2.05) is 26.8 Å². The van der Waals surface area contributed by atoms with Crippen molar-refractivity contribution in [1.82, 2.24) is 0 Å². The molecule has 122 valence electrons. The summed E-state index contributed by atoms with van der Waals surface area (Å²) in [5.41, 5.74) is -1.20. The van der Waals surface area contributed by atoms with Gasteiger partial charge in [0, 0.05) is 0 Å². The highest BCUT2D eigenvalue weighted by Gasteiger charge is 2.47. The van der Waals surface area contributed by atoms with Gasteiger partial charge in [-0.1, -0.05) is 51.8 Å². The van der Waals surface area contributed by atoms with Crippen molar-refractivity contribution in [2.75, 3.05) is 6.61 Å². The first-order valence-electron chi connectivity index (χ1n) is 8.05. The van der Waals surface area contributed by atoms with Crippen molar-refractivity contribution in [3.8, 4) is 5.75 Å². The molecule has 22 heavy (non-hydrogen) atoms. The molecular weight excluding hydrogens is 280 g/mol. The van der Waals surface area contributed by atoms with E-state index in [4.69, 9.17) is 9.47 Å². The number of esters is 2. The maximum atomic E-state index is 12.7. The van der Waals surface area contributed by atoms with Crippen LogP contribution in [0.25, 0.3) is 0 Å². The molecule has 0 saturated heterocycles. The Morgan fingerprint density at radius 1 is 0.909 bits per heavy atom. The van der Waals surface area contributed by atoms with Gasteiger partial charge in [-0.2, -0.15) is 0 Å². The minimum atomic E-state index is -1.20. The molecule has 0 heterocycles. The zero-order valence-electron chi connectivity index (χ0n) is 13.8. The lowest BCUT2D eigenvalue weighted by Gasteiger charge is -2.28. The van der Waals surface area contributed by atoms with Gasteiger partial charge in [0.15, 0.2) is 5.41 Å². The van der Waals surface area contributed by atoms with Gasteiger partial charge in [0.05, 0.1) is 6.61 Å². The predicted molar refractivity (Wildman–Crippen MR) is 85.6 cm³/mol. The lowest BCUT2D eigenvalue weighted by molar-refractivity contribution is -0.168. The fraction of sp³-hybridized carbons (Fsp3) is 0.556. The molecule has 0 radical (unpaired) electrons. The summed E-state index contributed by atoms with van der Waals surface area (Å²) in [6, 6.07) is 8.84. The molecule has 0 spiro atoms. The largest absolute Gasteiger partial charge is 0.465 e. The van der Waals surface area contributed by atoms with Crippen molar-refractivity contribution >= 4 is 11.9 Å². The van der Waals surface area contributed by atoms with Gasteiger partial charge in [-0.3, -0.25) is 9.59 Å². The van der Waals surface area contributed by atoms with Gasteiger partial charge in [0.25, 0.3) is 0 Å². The van der Waals surface area contributed by atoms with Crippen LogP contribution in [0.4, 0.5) is 0 Å². The van der Waals surface area contributed by atoms with E-state index in [1.165, 1.54) is 0 Å². The first-order valence-corrected chi connectivity index (χ1v) is 8.05. The minimum absolute atomic E-state index is 0.326. The van der Waals surface area contributed by atoms with E-state index in [1.54, 1.807) is 24.3 Å². The second kappa shape index (κ2) is 9.23. The highest BCUT2D eigenvalue weighted by Crippen LogP contribution is 2.34. The average molecular weight is 306 g/mol. The van der Waals surface area contributed by atoms with Crippen molar-refractivity contribution in [3.63, 3.8) is 0 Å². The maximum absolute atomic E-state index is 12.7. The summed E-state index contributed by atoms with van der Waals surface area (Å²) >= 11 is 0. The van der Waals surface area contributed by atoms with Crippen LogP contribution in [0.3, 0.4) is 0 Å². The van der Waals surface area contributed by atoms with E-state index < -0.39 is 17.4 Å². The Kier molecular flexibility index (Phi) is 7.64. The molecule has 0 aromatic heterocycles.